The fourth-order valence-corrected chi connectivity index (χ4v) is 1.83. The zero-order valence-corrected chi connectivity index (χ0v) is 14.2. The number of carbonyl (C=O) groups excluding carboxylic acids is 3. The molecule has 0 aliphatic rings. The molecule has 0 aliphatic carbocycles. The second-order valence-corrected chi connectivity index (χ2v) is 5.08. The van der Waals surface area contributed by atoms with Gasteiger partial charge in [-0.05, 0) is 38.5 Å². The van der Waals surface area contributed by atoms with E-state index in [0.717, 1.165) is 5.56 Å². The van der Waals surface area contributed by atoms with Crippen LogP contribution in [0.3, 0.4) is 0 Å². The number of benzene rings is 1. The standard InChI is InChI=1S/C16H22N4O4/c1-5-17-14(21)9-11(3)19-20-16(23)15(22)18-12-8-10(2)6-7-13(12)24-4/h6-8H,5,9H2,1-4H3,(H,17,21)(H,18,22)(H,20,23). The van der Waals surface area contributed by atoms with E-state index < -0.39 is 11.8 Å². The molecule has 0 fully saturated rings. The molecule has 0 unspecified atom stereocenters. The van der Waals surface area contributed by atoms with Gasteiger partial charge in [-0.3, -0.25) is 14.4 Å². The van der Waals surface area contributed by atoms with Crippen LogP contribution in [-0.2, 0) is 14.4 Å². The van der Waals surface area contributed by atoms with E-state index in [1.165, 1.54) is 7.11 Å². The largest absolute Gasteiger partial charge is 0.495 e. The molecule has 24 heavy (non-hydrogen) atoms. The maximum absolute atomic E-state index is 11.9. The van der Waals surface area contributed by atoms with E-state index in [1.807, 2.05) is 13.0 Å². The molecule has 1 aromatic carbocycles. The molecule has 0 spiro atoms. The summed E-state index contributed by atoms with van der Waals surface area (Å²) < 4.78 is 5.13. The van der Waals surface area contributed by atoms with Crippen LogP contribution in [0, 0.1) is 6.92 Å². The normalized spacial score (nSPS) is 10.8. The topological polar surface area (TPSA) is 109 Å². The van der Waals surface area contributed by atoms with Crippen molar-refractivity contribution in [2.24, 2.45) is 5.10 Å². The molecule has 0 saturated heterocycles. The van der Waals surface area contributed by atoms with E-state index in [-0.39, 0.29) is 12.3 Å². The van der Waals surface area contributed by atoms with Crippen molar-refractivity contribution in [3.8, 4) is 5.75 Å². The molecule has 0 saturated carbocycles. The maximum Gasteiger partial charge on any atom is 0.329 e. The number of rotatable bonds is 6. The Balaban J connectivity index is 2.64. The van der Waals surface area contributed by atoms with E-state index >= 15 is 0 Å². The first-order chi connectivity index (χ1) is 11.4. The number of hydrogen-bond donors (Lipinski definition) is 3. The van der Waals surface area contributed by atoms with Crippen molar-refractivity contribution in [1.82, 2.24) is 10.7 Å². The van der Waals surface area contributed by atoms with Crippen molar-refractivity contribution in [3.05, 3.63) is 23.8 Å². The number of nitrogens with zero attached hydrogens (tertiary/aromatic N) is 1. The third-order valence-electron chi connectivity index (χ3n) is 2.95. The number of nitrogens with one attached hydrogen (secondary N) is 3. The van der Waals surface area contributed by atoms with Gasteiger partial charge in [0.2, 0.25) is 5.91 Å². The van der Waals surface area contributed by atoms with Crippen LogP contribution in [0.25, 0.3) is 0 Å². The molecule has 0 radical (unpaired) electrons. The van der Waals surface area contributed by atoms with Gasteiger partial charge in [-0.25, -0.2) is 5.43 Å². The molecule has 1 aromatic rings. The number of anilines is 1. The highest BCUT2D eigenvalue weighted by Crippen LogP contribution is 2.24. The Morgan fingerprint density at radius 3 is 2.54 bits per heavy atom. The van der Waals surface area contributed by atoms with Crippen molar-refractivity contribution in [1.29, 1.82) is 0 Å². The summed E-state index contributed by atoms with van der Waals surface area (Å²) in [5, 5.41) is 8.81. The highest BCUT2D eigenvalue weighted by Gasteiger charge is 2.15. The number of methoxy groups -OCH3 is 1. The summed E-state index contributed by atoms with van der Waals surface area (Å²) in [4.78, 5) is 35.1. The van der Waals surface area contributed by atoms with Gasteiger partial charge in [-0.2, -0.15) is 5.10 Å². The van der Waals surface area contributed by atoms with Crippen LogP contribution in [0.1, 0.15) is 25.8 Å². The number of carbonyl (C=O) groups is 3. The second-order valence-electron chi connectivity index (χ2n) is 5.08. The Hall–Kier alpha value is -2.90. The van der Waals surface area contributed by atoms with E-state index in [0.29, 0.717) is 23.7 Å². The molecule has 3 N–H and O–H groups in total. The van der Waals surface area contributed by atoms with Crippen LogP contribution in [0.5, 0.6) is 5.75 Å². The van der Waals surface area contributed by atoms with Gasteiger partial charge in [-0.15, -0.1) is 0 Å². The third-order valence-corrected chi connectivity index (χ3v) is 2.95. The SMILES string of the molecule is CCNC(=O)CC(C)=NNC(=O)C(=O)Nc1cc(C)ccc1OC. The Kier molecular flexibility index (Phi) is 7.41. The van der Waals surface area contributed by atoms with Gasteiger partial charge in [0, 0.05) is 12.3 Å². The predicted octanol–water partition coefficient (Wildman–Crippen LogP) is 0.960. The summed E-state index contributed by atoms with van der Waals surface area (Å²) in [6.07, 6.45) is 0.0431. The molecule has 0 aliphatic heterocycles. The van der Waals surface area contributed by atoms with Gasteiger partial charge >= 0.3 is 11.8 Å². The minimum absolute atomic E-state index is 0.0431. The predicted molar refractivity (Wildman–Crippen MR) is 90.9 cm³/mol. The fourth-order valence-electron chi connectivity index (χ4n) is 1.83. The molecule has 8 nitrogen and oxygen atoms in total. The molecule has 3 amide bonds. The van der Waals surface area contributed by atoms with Crippen molar-refractivity contribution >= 4 is 29.1 Å². The Morgan fingerprint density at radius 2 is 1.92 bits per heavy atom. The number of amides is 3. The molecule has 0 heterocycles. The van der Waals surface area contributed by atoms with Crippen LogP contribution in [0.15, 0.2) is 23.3 Å². The van der Waals surface area contributed by atoms with E-state index in [2.05, 4.69) is 21.2 Å². The first kappa shape index (κ1) is 19.1. The summed E-state index contributed by atoms with van der Waals surface area (Å²) in [6.45, 7) is 5.75. The van der Waals surface area contributed by atoms with Gasteiger partial charge in [0.1, 0.15) is 5.75 Å². The molecule has 1 rings (SSSR count). The summed E-state index contributed by atoms with van der Waals surface area (Å²) in [5.74, 6) is -1.58. The van der Waals surface area contributed by atoms with Crippen LogP contribution < -0.4 is 20.8 Å². The van der Waals surface area contributed by atoms with Crippen molar-refractivity contribution in [2.75, 3.05) is 19.0 Å². The summed E-state index contributed by atoms with van der Waals surface area (Å²) in [5.41, 5.74) is 3.80. The van der Waals surface area contributed by atoms with Crippen LogP contribution in [0.4, 0.5) is 5.69 Å². The van der Waals surface area contributed by atoms with Crippen LogP contribution in [0.2, 0.25) is 0 Å². The van der Waals surface area contributed by atoms with E-state index in [1.54, 1.807) is 26.0 Å². The van der Waals surface area contributed by atoms with Crippen LogP contribution in [-0.4, -0.2) is 37.1 Å². The van der Waals surface area contributed by atoms with Gasteiger partial charge in [0.05, 0.1) is 19.2 Å². The first-order valence-electron chi connectivity index (χ1n) is 7.43. The lowest BCUT2D eigenvalue weighted by atomic mass is 10.2. The lowest BCUT2D eigenvalue weighted by Crippen LogP contribution is -2.33. The second kappa shape index (κ2) is 9.29. The number of ether oxygens (including phenoxy) is 1. The summed E-state index contributed by atoms with van der Waals surface area (Å²) in [6, 6.07) is 5.20. The average molecular weight is 334 g/mol. The zero-order chi connectivity index (χ0) is 18.1. The monoisotopic (exact) mass is 334 g/mol. The van der Waals surface area contributed by atoms with Crippen molar-refractivity contribution in [2.45, 2.75) is 27.2 Å². The summed E-state index contributed by atoms with van der Waals surface area (Å²) >= 11 is 0. The minimum Gasteiger partial charge on any atom is -0.495 e. The highest BCUT2D eigenvalue weighted by molar-refractivity contribution is 6.39. The molecule has 130 valence electrons. The van der Waals surface area contributed by atoms with Gasteiger partial charge < -0.3 is 15.4 Å². The lowest BCUT2D eigenvalue weighted by Gasteiger charge is -2.10. The highest BCUT2D eigenvalue weighted by atomic mass is 16.5. The average Bonchev–Trinajstić information content (AvgIpc) is 2.53. The Labute approximate surface area is 140 Å². The van der Waals surface area contributed by atoms with Crippen molar-refractivity contribution in [3.63, 3.8) is 0 Å². The molecule has 0 aromatic heterocycles. The maximum atomic E-state index is 11.9. The van der Waals surface area contributed by atoms with Crippen LogP contribution >= 0.6 is 0 Å². The molecular formula is C16H22N4O4. The number of hydrazone groups is 1. The molecule has 8 heteroatoms. The zero-order valence-electron chi connectivity index (χ0n) is 14.2. The smallest absolute Gasteiger partial charge is 0.329 e. The molecular weight excluding hydrogens is 312 g/mol. The lowest BCUT2D eigenvalue weighted by molar-refractivity contribution is -0.136. The molecule has 0 bridgehead atoms. The molecule has 0 atom stereocenters. The Bertz CT molecular complexity index is 655. The van der Waals surface area contributed by atoms with Crippen molar-refractivity contribution < 1.29 is 19.1 Å². The fraction of sp³-hybridized carbons (Fsp3) is 0.375. The third kappa shape index (κ3) is 6.07. The Morgan fingerprint density at radius 1 is 1.21 bits per heavy atom. The van der Waals surface area contributed by atoms with Gasteiger partial charge in [0.25, 0.3) is 0 Å². The van der Waals surface area contributed by atoms with E-state index in [4.69, 9.17) is 4.74 Å². The van der Waals surface area contributed by atoms with E-state index in [9.17, 15) is 14.4 Å². The van der Waals surface area contributed by atoms with Gasteiger partial charge in [-0.1, -0.05) is 6.07 Å². The first-order valence-corrected chi connectivity index (χ1v) is 7.43. The number of aryl methyl sites for hydroxylation is 1. The number of hydrogen-bond acceptors (Lipinski definition) is 5. The summed E-state index contributed by atoms with van der Waals surface area (Å²) in [7, 11) is 1.47. The minimum atomic E-state index is -0.936. The quantitative estimate of drug-likeness (QED) is 0.409. The van der Waals surface area contributed by atoms with Gasteiger partial charge in [0.15, 0.2) is 0 Å².